The number of thiocarbonyl (C=S) groups is 2. The van der Waals surface area contributed by atoms with Gasteiger partial charge in [-0.3, -0.25) is 0 Å². The summed E-state index contributed by atoms with van der Waals surface area (Å²) in [7, 11) is 0. The molecule has 10 heavy (non-hydrogen) atoms. The third-order valence-corrected chi connectivity index (χ3v) is 3.13. The van der Waals surface area contributed by atoms with Crippen molar-refractivity contribution in [3.05, 3.63) is 11.5 Å². The largest absolute Gasteiger partial charge is 0.317 e. The molecule has 1 rings (SSSR count). The van der Waals surface area contributed by atoms with Gasteiger partial charge in [0.15, 0.2) is 0 Å². The summed E-state index contributed by atoms with van der Waals surface area (Å²) in [4.78, 5) is 3.61. The van der Waals surface area contributed by atoms with Gasteiger partial charge in [0.2, 0.25) is 0 Å². The van der Waals surface area contributed by atoms with Crippen LogP contribution in [-0.2, 0) is 0 Å². The van der Waals surface area contributed by atoms with Crippen LogP contribution in [0.25, 0.3) is 0 Å². The average Bonchev–Trinajstić information content (AvgIpc) is 2.09. The fraction of sp³-hybridized carbons (Fsp3) is 0.333. The number of hydrogen-bond acceptors (Lipinski definition) is 3. The number of rotatable bonds is 1. The number of thioether (sulfide) groups is 1. The molecule has 0 aromatic heterocycles. The fourth-order valence-corrected chi connectivity index (χ4v) is 2.43. The maximum atomic E-state index is 5.06. The summed E-state index contributed by atoms with van der Waals surface area (Å²) >= 11 is 11.6. The Kier molecular flexibility index (Phi) is 2.44. The molecule has 1 heterocycles. The Hall–Kier alpha value is 0.0700. The molecular formula is C6H7NS3. The monoisotopic (exact) mass is 189 g/mol. The van der Waals surface area contributed by atoms with Gasteiger partial charge in [-0.05, 0) is 6.92 Å². The van der Waals surface area contributed by atoms with Gasteiger partial charge in [0, 0.05) is 11.4 Å². The summed E-state index contributed by atoms with van der Waals surface area (Å²) in [5, 5.41) is 0. The molecule has 0 N–H and O–H groups in total. The maximum Gasteiger partial charge on any atom is 0.146 e. The fourth-order valence-electron chi connectivity index (χ4n) is 0.710. The molecule has 0 atom stereocenters. The summed E-state index contributed by atoms with van der Waals surface area (Å²) in [5.74, 6) is 0. The Labute approximate surface area is 75.5 Å². The summed E-state index contributed by atoms with van der Waals surface area (Å²) in [6.45, 7) is 6.65. The van der Waals surface area contributed by atoms with Crippen molar-refractivity contribution in [3.8, 4) is 0 Å². The van der Waals surface area contributed by atoms with Crippen LogP contribution in [0.2, 0.25) is 0 Å². The molecule has 54 valence electrons. The van der Waals surface area contributed by atoms with E-state index >= 15 is 0 Å². The number of likely N-dealkylation sites (N-methyl/N-ethyl adjacent to an activating group) is 1. The molecule has 1 saturated heterocycles. The van der Waals surface area contributed by atoms with Crippen molar-refractivity contribution in [1.82, 2.24) is 4.90 Å². The van der Waals surface area contributed by atoms with Gasteiger partial charge >= 0.3 is 0 Å². The zero-order chi connectivity index (χ0) is 7.72. The highest BCUT2D eigenvalue weighted by atomic mass is 32.2. The van der Waals surface area contributed by atoms with Gasteiger partial charge in [0.05, 0.1) is 0 Å². The molecule has 4 heteroatoms. The first-order chi connectivity index (χ1) is 4.66. The van der Waals surface area contributed by atoms with E-state index in [1.165, 1.54) is 11.8 Å². The van der Waals surface area contributed by atoms with E-state index in [-0.39, 0.29) is 0 Å². The molecule has 0 aliphatic carbocycles. The van der Waals surface area contributed by atoms with E-state index in [1.54, 1.807) is 0 Å². The van der Waals surface area contributed by atoms with Crippen molar-refractivity contribution < 1.29 is 0 Å². The van der Waals surface area contributed by atoms with Gasteiger partial charge in [-0.1, -0.05) is 42.8 Å². The Bertz CT molecular complexity index is 209. The zero-order valence-corrected chi connectivity index (χ0v) is 8.04. The second-order valence-corrected chi connectivity index (χ2v) is 3.96. The predicted octanol–water partition coefficient (Wildman–Crippen LogP) is 2.18. The second kappa shape index (κ2) is 2.98. The van der Waals surface area contributed by atoms with E-state index in [0.717, 1.165) is 20.8 Å². The molecule has 1 aliphatic heterocycles. The van der Waals surface area contributed by atoms with E-state index in [4.69, 9.17) is 24.4 Å². The first-order valence-corrected chi connectivity index (χ1v) is 4.52. The van der Waals surface area contributed by atoms with Crippen molar-refractivity contribution >= 4 is 45.5 Å². The van der Waals surface area contributed by atoms with Crippen molar-refractivity contribution in [2.24, 2.45) is 0 Å². The lowest BCUT2D eigenvalue weighted by molar-refractivity contribution is 0.685. The normalized spacial score (nSPS) is 18.9. The highest BCUT2D eigenvalue weighted by Crippen LogP contribution is 2.29. The van der Waals surface area contributed by atoms with E-state index in [0.29, 0.717) is 0 Å². The van der Waals surface area contributed by atoms with Gasteiger partial charge in [-0.15, -0.1) is 0 Å². The van der Waals surface area contributed by atoms with Gasteiger partial charge in [-0.25, -0.2) is 0 Å². The van der Waals surface area contributed by atoms with Crippen LogP contribution in [0.1, 0.15) is 6.92 Å². The number of nitrogens with zero attached hydrogens (tertiary/aromatic N) is 1. The predicted molar refractivity (Wildman–Crippen MR) is 54.3 cm³/mol. The molecule has 0 amide bonds. The Morgan fingerprint density at radius 2 is 2.20 bits per heavy atom. The Morgan fingerprint density at radius 3 is 2.40 bits per heavy atom. The summed E-state index contributed by atoms with van der Waals surface area (Å²) in [6.07, 6.45) is 0. The molecule has 0 saturated carbocycles. The van der Waals surface area contributed by atoms with Crippen molar-refractivity contribution in [2.75, 3.05) is 6.54 Å². The van der Waals surface area contributed by atoms with Gasteiger partial charge < -0.3 is 4.90 Å². The van der Waals surface area contributed by atoms with Crippen molar-refractivity contribution in [2.45, 2.75) is 6.92 Å². The Morgan fingerprint density at radius 1 is 1.60 bits per heavy atom. The first-order valence-electron chi connectivity index (χ1n) is 2.89. The van der Waals surface area contributed by atoms with E-state index in [9.17, 15) is 0 Å². The molecular weight excluding hydrogens is 182 g/mol. The van der Waals surface area contributed by atoms with Crippen LogP contribution in [0.15, 0.2) is 11.5 Å². The lowest BCUT2D eigenvalue weighted by Gasteiger charge is -2.12. The minimum atomic E-state index is 0.789. The molecule has 0 aromatic carbocycles. The summed E-state index contributed by atoms with van der Waals surface area (Å²) in [5.41, 5.74) is 0. The van der Waals surface area contributed by atoms with Crippen LogP contribution in [0, 0.1) is 0 Å². The molecule has 1 fully saturated rings. The quantitative estimate of drug-likeness (QED) is 0.459. The molecule has 0 radical (unpaired) electrons. The third kappa shape index (κ3) is 1.24. The Balaban J connectivity index is 2.84. The van der Waals surface area contributed by atoms with E-state index < -0.39 is 0 Å². The first kappa shape index (κ1) is 8.17. The minimum Gasteiger partial charge on any atom is -0.317 e. The SMILES string of the molecule is C=C1SC(=S)N(CC)C1=S. The highest BCUT2D eigenvalue weighted by Gasteiger charge is 2.24. The number of hydrogen-bond donors (Lipinski definition) is 0. The van der Waals surface area contributed by atoms with Gasteiger partial charge in [0.1, 0.15) is 9.31 Å². The summed E-state index contributed by atoms with van der Waals surface area (Å²) in [6, 6.07) is 0. The third-order valence-electron chi connectivity index (χ3n) is 1.23. The van der Waals surface area contributed by atoms with Crippen LogP contribution in [0.4, 0.5) is 0 Å². The standard InChI is InChI=1S/C6H7NS3/c1-3-7-5(8)4(2)10-6(7)9/h2-3H2,1H3. The molecule has 1 aliphatic rings. The minimum absolute atomic E-state index is 0.789. The van der Waals surface area contributed by atoms with Crippen LogP contribution in [-0.4, -0.2) is 20.8 Å². The molecule has 0 aromatic rings. The summed E-state index contributed by atoms with van der Waals surface area (Å²) < 4.78 is 0.831. The lowest BCUT2D eigenvalue weighted by Crippen LogP contribution is -2.25. The maximum absolute atomic E-state index is 5.06. The average molecular weight is 189 g/mol. The van der Waals surface area contributed by atoms with Crippen LogP contribution < -0.4 is 0 Å². The van der Waals surface area contributed by atoms with Gasteiger partial charge in [-0.2, -0.15) is 0 Å². The lowest BCUT2D eigenvalue weighted by atomic mass is 10.5. The molecule has 0 bridgehead atoms. The van der Waals surface area contributed by atoms with E-state index in [1.807, 2.05) is 11.8 Å². The topological polar surface area (TPSA) is 3.24 Å². The second-order valence-electron chi connectivity index (χ2n) is 1.84. The van der Waals surface area contributed by atoms with Crippen LogP contribution in [0.3, 0.4) is 0 Å². The van der Waals surface area contributed by atoms with Crippen LogP contribution >= 0.6 is 36.2 Å². The van der Waals surface area contributed by atoms with Gasteiger partial charge in [0.25, 0.3) is 0 Å². The molecule has 0 unspecified atom stereocenters. The molecule has 1 nitrogen and oxygen atoms in total. The smallest absolute Gasteiger partial charge is 0.146 e. The molecule has 0 spiro atoms. The van der Waals surface area contributed by atoms with Crippen molar-refractivity contribution in [3.63, 3.8) is 0 Å². The van der Waals surface area contributed by atoms with E-state index in [2.05, 4.69) is 6.58 Å². The zero-order valence-electron chi connectivity index (χ0n) is 5.59. The van der Waals surface area contributed by atoms with Crippen molar-refractivity contribution in [1.29, 1.82) is 0 Å². The van der Waals surface area contributed by atoms with Crippen LogP contribution in [0.5, 0.6) is 0 Å². The highest BCUT2D eigenvalue weighted by molar-refractivity contribution is 8.27.